The van der Waals surface area contributed by atoms with Crippen LogP contribution < -0.4 is 5.32 Å². The molecule has 0 spiro atoms. The molecule has 4 nitrogen and oxygen atoms in total. The first-order valence-corrected chi connectivity index (χ1v) is 9.39. The van der Waals surface area contributed by atoms with Gasteiger partial charge < -0.3 is 10.2 Å². The van der Waals surface area contributed by atoms with Crippen molar-refractivity contribution in [3.63, 3.8) is 0 Å². The molecule has 2 aromatic carbocycles. The Kier molecular flexibility index (Phi) is 4.74. The summed E-state index contributed by atoms with van der Waals surface area (Å²) < 4.78 is 0. The molecule has 0 bridgehead atoms. The summed E-state index contributed by atoms with van der Waals surface area (Å²) in [5, 5.41) is 3.09. The predicted octanol–water partition coefficient (Wildman–Crippen LogP) is 3.09. The molecule has 2 aromatic rings. The molecule has 4 heteroatoms. The van der Waals surface area contributed by atoms with Crippen molar-refractivity contribution in [2.75, 3.05) is 6.54 Å². The van der Waals surface area contributed by atoms with E-state index in [0.717, 1.165) is 24.0 Å². The van der Waals surface area contributed by atoms with Gasteiger partial charge in [0.2, 0.25) is 11.8 Å². The Morgan fingerprint density at radius 3 is 2.12 bits per heavy atom. The van der Waals surface area contributed by atoms with Gasteiger partial charge >= 0.3 is 0 Å². The molecule has 2 aliphatic rings. The molecule has 4 rings (SSSR count). The fraction of sp³-hybridized carbons (Fsp3) is 0.364. The first-order chi connectivity index (χ1) is 12.7. The van der Waals surface area contributed by atoms with E-state index in [4.69, 9.17) is 0 Å². The van der Waals surface area contributed by atoms with Gasteiger partial charge in [0.25, 0.3) is 0 Å². The molecule has 2 fully saturated rings. The van der Waals surface area contributed by atoms with Crippen molar-refractivity contribution in [3.8, 4) is 0 Å². The topological polar surface area (TPSA) is 49.4 Å². The number of nitrogens with zero attached hydrogens (tertiary/aromatic N) is 1. The molecular weight excluding hydrogens is 324 g/mol. The third kappa shape index (κ3) is 3.79. The summed E-state index contributed by atoms with van der Waals surface area (Å²) in [5.41, 5.74) is 2.27. The minimum atomic E-state index is -0.0530. The average molecular weight is 348 g/mol. The summed E-state index contributed by atoms with van der Waals surface area (Å²) in [4.78, 5) is 26.7. The summed E-state index contributed by atoms with van der Waals surface area (Å²) in [6, 6.07) is 20.6. The van der Waals surface area contributed by atoms with E-state index < -0.39 is 0 Å². The number of rotatable bonds is 6. The summed E-state index contributed by atoms with van der Waals surface area (Å²) in [5.74, 6) is 0.215. The molecule has 1 saturated carbocycles. The Labute approximate surface area is 154 Å². The van der Waals surface area contributed by atoms with E-state index in [9.17, 15) is 9.59 Å². The van der Waals surface area contributed by atoms with Crippen molar-refractivity contribution < 1.29 is 9.59 Å². The third-order valence-electron chi connectivity index (χ3n) is 5.30. The number of amides is 2. The average Bonchev–Trinajstić information content (AvgIpc) is 3.44. The molecule has 1 heterocycles. The largest absolute Gasteiger partial charge is 0.351 e. The van der Waals surface area contributed by atoms with Gasteiger partial charge in [0.1, 0.15) is 0 Å². The van der Waals surface area contributed by atoms with Crippen molar-refractivity contribution >= 4 is 11.8 Å². The van der Waals surface area contributed by atoms with Gasteiger partial charge in [-0.15, -0.1) is 0 Å². The normalized spacial score (nSPS) is 19.8. The van der Waals surface area contributed by atoms with Gasteiger partial charge in [-0.2, -0.15) is 0 Å². The van der Waals surface area contributed by atoms with Crippen LogP contribution in [-0.2, 0) is 9.59 Å². The highest BCUT2D eigenvalue weighted by atomic mass is 16.2. The maximum absolute atomic E-state index is 12.7. The summed E-state index contributed by atoms with van der Waals surface area (Å²) >= 11 is 0. The molecule has 26 heavy (non-hydrogen) atoms. The molecular formula is C22H24N2O2. The smallest absolute Gasteiger partial charge is 0.225 e. The van der Waals surface area contributed by atoms with Gasteiger partial charge in [0.05, 0.1) is 6.04 Å². The molecule has 1 atom stereocenters. The Morgan fingerprint density at radius 2 is 1.58 bits per heavy atom. The van der Waals surface area contributed by atoms with Crippen LogP contribution in [0.5, 0.6) is 0 Å². The fourth-order valence-electron chi connectivity index (χ4n) is 3.84. The van der Waals surface area contributed by atoms with Crippen LogP contribution in [-0.4, -0.2) is 35.3 Å². The van der Waals surface area contributed by atoms with Crippen LogP contribution in [0.25, 0.3) is 0 Å². The van der Waals surface area contributed by atoms with Crippen molar-refractivity contribution in [2.45, 2.75) is 43.7 Å². The Morgan fingerprint density at radius 1 is 1.00 bits per heavy atom. The number of hydrogen-bond acceptors (Lipinski definition) is 2. The highest BCUT2D eigenvalue weighted by Crippen LogP contribution is 2.31. The predicted molar refractivity (Wildman–Crippen MR) is 101 cm³/mol. The van der Waals surface area contributed by atoms with E-state index in [1.54, 1.807) is 0 Å². The monoisotopic (exact) mass is 348 g/mol. The Bertz CT molecular complexity index is 732. The van der Waals surface area contributed by atoms with Crippen molar-refractivity contribution in [1.82, 2.24) is 10.2 Å². The van der Waals surface area contributed by atoms with Crippen LogP contribution in [0.15, 0.2) is 60.7 Å². The summed E-state index contributed by atoms with van der Waals surface area (Å²) in [6.45, 7) is 0.663. The quantitative estimate of drug-likeness (QED) is 0.872. The minimum Gasteiger partial charge on any atom is -0.351 e. The van der Waals surface area contributed by atoms with Gasteiger partial charge in [0.15, 0.2) is 0 Å². The highest BCUT2D eigenvalue weighted by molar-refractivity contribution is 5.83. The Balaban J connectivity index is 1.44. The lowest BCUT2D eigenvalue weighted by molar-refractivity contribution is -0.128. The molecule has 1 aliphatic carbocycles. The Hall–Kier alpha value is -2.62. The number of carbonyl (C=O) groups is 2. The fourth-order valence-corrected chi connectivity index (χ4v) is 3.84. The molecule has 134 valence electrons. The van der Waals surface area contributed by atoms with E-state index >= 15 is 0 Å². The maximum Gasteiger partial charge on any atom is 0.225 e. The van der Waals surface area contributed by atoms with Gasteiger partial charge in [-0.3, -0.25) is 9.59 Å². The highest BCUT2D eigenvalue weighted by Gasteiger charge is 2.39. The second kappa shape index (κ2) is 7.32. The number of benzene rings is 2. The third-order valence-corrected chi connectivity index (χ3v) is 5.30. The van der Waals surface area contributed by atoms with Gasteiger partial charge in [-0.25, -0.2) is 0 Å². The van der Waals surface area contributed by atoms with Crippen molar-refractivity contribution in [2.24, 2.45) is 0 Å². The standard InChI is InChI=1S/C22H24N2O2/c25-21(23-18-13-22(26)24(15-18)19-11-12-19)14-20(16-7-3-1-4-8-16)17-9-5-2-6-10-17/h1-10,18-20H,11-15H2,(H,23,25). The van der Waals surface area contributed by atoms with E-state index in [-0.39, 0.29) is 23.8 Å². The molecule has 1 unspecified atom stereocenters. The zero-order valence-corrected chi connectivity index (χ0v) is 14.8. The van der Waals surface area contributed by atoms with E-state index in [2.05, 4.69) is 29.6 Å². The molecule has 1 N–H and O–H groups in total. The van der Waals surface area contributed by atoms with E-state index in [0.29, 0.717) is 25.4 Å². The summed E-state index contributed by atoms with van der Waals surface area (Å²) in [7, 11) is 0. The van der Waals surface area contributed by atoms with Crippen molar-refractivity contribution in [3.05, 3.63) is 71.8 Å². The van der Waals surface area contributed by atoms with Crippen LogP contribution >= 0.6 is 0 Å². The molecule has 0 aromatic heterocycles. The zero-order chi connectivity index (χ0) is 17.9. The van der Waals surface area contributed by atoms with Crippen LogP contribution in [0, 0.1) is 0 Å². The number of nitrogens with one attached hydrogen (secondary N) is 1. The first-order valence-electron chi connectivity index (χ1n) is 9.39. The molecule has 0 radical (unpaired) electrons. The SMILES string of the molecule is O=C(CC(c1ccccc1)c1ccccc1)NC1CC(=O)N(C2CC2)C1. The lowest BCUT2D eigenvalue weighted by atomic mass is 9.88. The molecule has 1 saturated heterocycles. The van der Waals surface area contributed by atoms with Gasteiger partial charge in [-0.1, -0.05) is 60.7 Å². The molecule has 2 amide bonds. The van der Waals surface area contributed by atoms with Crippen LogP contribution in [0.3, 0.4) is 0 Å². The van der Waals surface area contributed by atoms with Crippen LogP contribution in [0.1, 0.15) is 42.7 Å². The molecule has 1 aliphatic heterocycles. The lowest BCUT2D eigenvalue weighted by Crippen LogP contribution is -2.38. The second-order valence-corrected chi connectivity index (χ2v) is 7.32. The van der Waals surface area contributed by atoms with E-state index in [1.807, 2.05) is 41.3 Å². The van der Waals surface area contributed by atoms with Crippen molar-refractivity contribution in [1.29, 1.82) is 0 Å². The van der Waals surface area contributed by atoms with Gasteiger partial charge in [0, 0.05) is 31.3 Å². The number of carbonyl (C=O) groups excluding carboxylic acids is 2. The minimum absolute atomic E-state index is 0.0122. The van der Waals surface area contributed by atoms with Gasteiger partial charge in [-0.05, 0) is 24.0 Å². The van der Waals surface area contributed by atoms with Crippen LogP contribution in [0.4, 0.5) is 0 Å². The number of likely N-dealkylation sites (tertiary alicyclic amines) is 1. The second-order valence-electron chi connectivity index (χ2n) is 7.32. The lowest BCUT2D eigenvalue weighted by Gasteiger charge is -2.20. The first kappa shape index (κ1) is 16.8. The number of hydrogen-bond donors (Lipinski definition) is 1. The van der Waals surface area contributed by atoms with E-state index in [1.165, 1.54) is 0 Å². The summed E-state index contributed by atoms with van der Waals surface area (Å²) in [6.07, 6.45) is 3.04. The van der Waals surface area contributed by atoms with Crippen LogP contribution in [0.2, 0.25) is 0 Å². The zero-order valence-electron chi connectivity index (χ0n) is 14.8. The maximum atomic E-state index is 12.7.